The van der Waals surface area contributed by atoms with Crippen LogP contribution in [0.15, 0.2) is 30.3 Å². The van der Waals surface area contributed by atoms with Crippen LogP contribution in [0.25, 0.3) is 0 Å². The van der Waals surface area contributed by atoms with Crippen LogP contribution in [-0.4, -0.2) is 18.5 Å². The molecule has 1 rings (SSSR count). The zero-order chi connectivity index (χ0) is 10.2. The van der Waals surface area contributed by atoms with E-state index in [9.17, 15) is 0 Å². The molecule has 0 aromatic heterocycles. The first-order valence-corrected chi connectivity index (χ1v) is 5.69. The van der Waals surface area contributed by atoms with Crippen LogP contribution >= 0.6 is 11.6 Å². The smallest absolute Gasteiger partial charge is 0.0238 e. The summed E-state index contributed by atoms with van der Waals surface area (Å²) in [7, 11) is 0. The van der Waals surface area contributed by atoms with Crippen molar-refractivity contribution in [2.45, 2.75) is 25.8 Å². The van der Waals surface area contributed by atoms with Gasteiger partial charge in [0.05, 0.1) is 0 Å². The third-order valence-electron chi connectivity index (χ3n) is 2.29. The summed E-state index contributed by atoms with van der Waals surface area (Å²) in [6.07, 6.45) is 2.13. The van der Waals surface area contributed by atoms with E-state index < -0.39 is 0 Å². The summed E-state index contributed by atoms with van der Waals surface area (Å²) in [6, 6.07) is 11.1. The first-order chi connectivity index (χ1) is 6.83. The Bertz CT molecular complexity index is 235. The van der Waals surface area contributed by atoms with Crippen LogP contribution in [0.1, 0.15) is 18.9 Å². The minimum Gasteiger partial charge on any atom is -0.314 e. The zero-order valence-corrected chi connectivity index (χ0v) is 9.43. The highest BCUT2D eigenvalue weighted by Crippen LogP contribution is 1.99. The van der Waals surface area contributed by atoms with Crippen molar-refractivity contribution in [3.63, 3.8) is 0 Å². The van der Waals surface area contributed by atoms with Gasteiger partial charge in [-0.25, -0.2) is 0 Å². The van der Waals surface area contributed by atoms with E-state index in [1.807, 2.05) is 6.07 Å². The van der Waals surface area contributed by atoms with E-state index in [2.05, 4.69) is 36.5 Å². The molecule has 78 valence electrons. The lowest BCUT2D eigenvalue weighted by Gasteiger charge is -2.11. The van der Waals surface area contributed by atoms with E-state index in [0.29, 0.717) is 6.04 Å². The average Bonchev–Trinajstić information content (AvgIpc) is 2.20. The van der Waals surface area contributed by atoms with Crippen LogP contribution in [0, 0.1) is 0 Å². The summed E-state index contributed by atoms with van der Waals surface area (Å²) in [4.78, 5) is 0. The molecule has 1 aromatic carbocycles. The van der Waals surface area contributed by atoms with Crippen LogP contribution < -0.4 is 5.32 Å². The maximum absolute atomic E-state index is 5.65. The first-order valence-electron chi connectivity index (χ1n) is 5.16. The van der Waals surface area contributed by atoms with E-state index in [-0.39, 0.29) is 0 Å². The van der Waals surface area contributed by atoms with E-state index in [4.69, 9.17) is 11.6 Å². The molecule has 0 aliphatic heterocycles. The fraction of sp³-hybridized carbons (Fsp3) is 0.500. The lowest BCUT2D eigenvalue weighted by molar-refractivity contribution is 0.539. The molecule has 0 saturated heterocycles. The Morgan fingerprint density at radius 2 is 2.00 bits per heavy atom. The Kier molecular flexibility index (Phi) is 5.65. The second-order valence-corrected chi connectivity index (χ2v) is 3.95. The van der Waals surface area contributed by atoms with E-state index >= 15 is 0 Å². The third kappa shape index (κ3) is 4.64. The molecule has 0 amide bonds. The van der Waals surface area contributed by atoms with Gasteiger partial charge in [0.25, 0.3) is 0 Å². The summed E-state index contributed by atoms with van der Waals surface area (Å²) in [6.45, 7) is 3.20. The quantitative estimate of drug-likeness (QED) is 0.714. The Hall–Kier alpha value is -0.530. The lowest BCUT2D eigenvalue weighted by Crippen LogP contribution is -2.28. The van der Waals surface area contributed by atoms with Gasteiger partial charge in [-0.3, -0.25) is 0 Å². The number of benzene rings is 1. The van der Waals surface area contributed by atoms with Crippen molar-refractivity contribution >= 4 is 11.6 Å². The van der Waals surface area contributed by atoms with Crippen LogP contribution in [0.3, 0.4) is 0 Å². The SMILES string of the molecule is CC(CCCl)NCCc1ccccc1. The van der Waals surface area contributed by atoms with Gasteiger partial charge >= 0.3 is 0 Å². The Morgan fingerprint density at radius 1 is 1.29 bits per heavy atom. The van der Waals surface area contributed by atoms with E-state index in [1.165, 1.54) is 5.56 Å². The van der Waals surface area contributed by atoms with Gasteiger partial charge in [0.1, 0.15) is 0 Å². The Balaban J connectivity index is 2.16. The monoisotopic (exact) mass is 211 g/mol. The number of halogens is 1. The maximum Gasteiger partial charge on any atom is 0.0238 e. The van der Waals surface area contributed by atoms with Crippen LogP contribution in [0.2, 0.25) is 0 Å². The molecular weight excluding hydrogens is 194 g/mol. The number of nitrogens with one attached hydrogen (secondary N) is 1. The summed E-state index contributed by atoms with van der Waals surface area (Å²) >= 11 is 5.65. The van der Waals surface area contributed by atoms with Gasteiger partial charge in [0, 0.05) is 11.9 Å². The molecule has 1 N–H and O–H groups in total. The van der Waals surface area contributed by atoms with Gasteiger partial charge in [-0.1, -0.05) is 30.3 Å². The van der Waals surface area contributed by atoms with Crippen molar-refractivity contribution in [1.82, 2.24) is 5.32 Å². The fourth-order valence-electron chi connectivity index (χ4n) is 1.37. The highest BCUT2D eigenvalue weighted by atomic mass is 35.5. The molecule has 0 fully saturated rings. The highest BCUT2D eigenvalue weighted by Gasteiger charge is 1.99. The van der Waals surface area contributed by atoms with Gasteiger partial charge in [-0.05, 0) is 31.9 Å². The molecule has 0 heterocycles. The topological polar surface area (TPSA) is 12.0 Å². The van der Waals surface area contributed by atoms with Crippen LogP contribution in [0.4, 0.5) is 0 Å². The van der Waals surface area contributed by atoms with Crippen molar-refractivity contribution in [3.05, 3.63) is 35.9 Å². The predicted molar refractivity (Wildman–Crippen MR) is 62.9 cm³/mol. The highest BCUT2D eigenvalue weighted by molar-refractivity contribution is 6.17. The summed E-state index contributed by atoms with van der Waals surface area (Å²) in [5, 5.41) is 3.45. The molecule has 0 aliphatic rings. The molecule has 1 aromatic rings. The van der Waals surface area contributed by atoms with Gasteiger partial charge in [0.15, 0.2) is 0 Å². The zero-order valence-electron chi connectivity index (χ0n) is 8.67. The summed E-state index contributed by atoms with van der Waals surface area (Å²) < 4.78 is 0. The normalized spacial score (nSPS) is 12.7. The van der Waals surface area contributed by atoms with Crippen molar-refractivity contribution in [3.8, 4) is 0 Å². The van der Waals surface area contributed by atoms with Gasteiger partial charge in [0.2, 0.25) is 0 Å². The van der Waals surface area contributed by atoms with Crippen molar-refractivity contribution in [1.29, 1.82) is 0 Å². The van der Waals surface area contributed by atoms with Gasteiger partial charge < -0.3 is 5.32 Å². The number of alkyl halides is 1. The van der Waals surface area contributed by atoms with Crippen molar-refractivity contribution < 1.29 is 0 Å². The minimum atomic E-state index is 0.524. The van der Waals surface area contributed by atoms with Crippen LogP contribution in [-0.2, 0) is 6.42 Å². The second kappa shape index (κ2) is 6.86. The molecule has 0 aliphatic carbocycles. The third-order valence-corrected chi connectivity index (χ3v) is 2.51. The summed E-state index contributed by atoms with van der Waals surface area (Å²) in [5.74, 6) is 0.736. The van der Waals surface area contributed by atoms with Crippen LogP contribution in [0.5, 0.6) is 0 Å². The molecule has 0 spiro atoms. The number of hydrogen-bond donors (Lipinski definition) is 1. The molecule has 1 unspecified atom stereocenters. The fourth-order valence-corrected chi connectivity index (χ4v) is 1.70. The first kappa shape index (κ1) is 11.5. The molecule has 0 saturated carbocycles. The molecule has 1 atom stereocenters. The van der Waals surface area contributed by atoms with Gasteiger partial charge in [-0.2, -0.15) is 0 Å². The molecular formula is C12H18ClN. The second-order valence-electron chi connectivity index (χ2n) is 3.57. The Labute approximate surface area is 91.5 Å². The molecule has 2 heteroatoms. The molecule has 14 heavy (non-hydrogen) atoms. The van der Waals surface area contributed by atoms with Crippen molar-refractivity contribution in [2.24, 2.45) is 0 Å². The maximum atomic E-state index is 5.65. The number of hydrogen-bond acceptors (Lipinski definition) is 1. The molecule has 1 nitrogen and oxygen atoms in total. The minimum absolute atomic E-state index is 0.524. The number of rotatable bonds is 6. The van der Waals surface area contributed by atoms with E-state index in [0.717, 1.165) is 25.3 Å². The predicted octanol–water partition coefficient (Wildman–Crippen LogP) is 2.84. The van der Waals surface area contributed by atoms with E-state index in [1.54, 1.807) is 0 Å². The average molecular weight is 212 g/mol. The standard InChI is InChI=1S/C12H18ClN/c1-11(7-9-13)14-10-8-12-5-3-2-4-6-12/h2-6,11,14H,7-10H2,1H3. The van der Waals surface area contributed by atoms with Gasteiger partial charge in [-0.15, -0.1) is 11.6 Å². The molecule has 0 bridgehead atoms. The molecule has 0 radical (unpaired) electrons. The van der Waals surface area contributed by atoms with Crippen molar-refractivity contribution in [2.75, 3.05) is 12.4 Å². The Morgan fingerprint density at radius 3 is 2.64 bits per heavy atom. The lowest BCUT2D eigenvalue weighted by atomic mass is 10.1. The summed E-state index contributed by atoms with van der Waals surface area (Å²) in [5.41, 5.74) is 1.39. The largest absolute Gasteiger partial charge is 0.314 e.